The molecular weight excluding hydrogens is 577 g/mol. The van der Waals surface area contributed by atoms with Crippen molar-refractivity contribution in [2.45, 2.75) is 0 Å². The van der Waals surface area contributed by atoms with Crippen molar-refractivity contribution < 1.29 is 134 Å². The molecule has 0 aromatic carbocycles. The van der Waals surface area contributed by atoms with Crippen LogP contribution in [0.2, 0.25) is 0 Å². The standard InChI is InChI=1S/2Nd.3H2O4S/c;;3*1-5(2,3)4/h;;3*(H2,1,2,3,4)/q2*+3;;;/p-6. The molecule has 2 radical (unpaired) electrons. The number of hydrogen-bond acceptors (Lipinski definition) is 12. The van der Waals surface area contributed by atoms with Gasteiger partial charge in [0.2, 0.25) is 0 Å². The van der Waals surface area contributed by atoms with Crippen LogP contribution in [0.5, 0.6) is 0 Å². The summed E-state index contributed by atoms with van der Waals surface area (Å²) >= 11 is 0. The SMILES string of the molecule is O=S(=O)([O-])[O-].O=S(=O)([O-])[O-].O=S(=O)([O-])[O-].[Nd+3].[Nd+3]. The van der Waals surface area contributed by atoms with E-state index in [0.717, 1.165) is 0 Å². The first-order valence-electron chi connectivity index (χ1n) is 2.00. The normalized spacial score (nSPS) is 10.2. The van der Waals surface area contributed by atoms with Gasteiger partial charge in [0.25, 0.3) is 0 Å². The fourth-order valence-corrected chi connectivity index (χ4v) is 0. The molecule has 0 saturated heterocycles. The molecule has 0 aromatic rings. The van der Waals surface area contributed by atoms with Crippen LogP contribution >= 0.6 is 0 Å². The Morgan fingerprint density at radius 1 is 0.412 bits per heavy atom. The first-order chi connectivity index (χ1) is 6.00. The van der Waals surface area contributed by atoms with Crippen LogP contribution in [-0.4, -0.2) is 52.6 Å². The Balaban J connectivity index is -0.0000000400. The molecule has 12 nitrogen and oxygen atoms in total. The molecule has 0 aromatic heterocycles. The quantitative estimate of drug-likeness (QED) is 0.198. The monoisotopic (exact) mass is 572 g/mol. The molecule has 0 aliphatic carbocycles. The topological polar surface area (TPSA) is 241 Å². The Bertz CT molecular complexity index is 341. The molecule has 0 fully saturated rings. The third-order valence-corrected chi connectivity index (χ3v) is 0. The second-order valence-electron chi connectivity index (χ2n) is 1.22. The van der Waals surface area contributed by atoms with Gasteiger partial charge in [0.1, 0.15) is 0 Å². The number of hydrogen-bond donors (Lipinski definition) is 0. The van der Waals surface area contributed by atoms with Crippen LogP contribution < -0.4 is 0 Å². The van der Waals surface area contributed by atoms with Gasteiger partial charge in [0.15, 0.2) is 0 Å². The van der Waals surface area contributed by atoms with Gasteiger partial charge in [-0.1, -0.05) is 0 Å². The van der Waals surface area contributed by atoms with Crippen LogP contribution in [0.25, 0.3) is 0 Å². The molecule has 0 aliphatic rings. The van der Waals surface area contributed by atoms with Crippen molar-refractivity contribution >= 4 is 31.2 Å². The van der Waals surface area contributed by atoms with E-state index >= 15 is 0 Å². The summed E-state index contributed by atoms with van der Waals surface area (Å²) in [6.45, 7) is 0. The molecule has 98 valence electrons. The van der Waals surface area contributed by atoms with Crippen molar-refractivity contribution in [2.75, 3.05) is 0 Å². The fraction of sp³-hybridized carbons (Fsp3) is 0. The maximum atomic E-state index is 8.52. The summed E-state index contributed by atoms with van der Waals surface area (Å²) in [5.74, 6) is 0. The van der Waals surface area contributed by atoms with Gasteiger partial charge in [-0.3, -0.25) is 25.3 Å². The van der Waals surface area contributed by atoms with Crippen LogP contribution in [0.1, 0.15) is 0 Å². The zero-order valence-corrected chi connectivity index (χ0v) is 16.0. The largest absolute Gasteiger partial charge is 3.00 e. The van der Waals surface area contributed by atoms with Crippen LogP contribution in [0.4, 0.5) is 0 Å². The molecule has 0 atom stereocenters. The van der Waals surface area contributed by atoms with Crippen molar-refractivity contribution in [2.24, 2.45) is 0 Å². The minimum atomic E-state index is -5.17. The van der Waals surface area contributed by atoms with E-state index in [-0.39, 0.29) is 81.7 Å². The summed E-state index contributed by atoms with van der Waals surface area (Å²) < 4.78 is 102. The second-order valence-corrected chi connectivity index (χ2v) is 3.67. The molecule has 0 rings (SSSR count). The Morgan fingerprint density at radius 3 is 0.412 bits per heavy atom. The van der Waals surface area contributed by atoms with Crippen LogP contribution in [-0.2, 0) is 31.2 Å². The van der Waals surface area contributed by atoms with E-state index < -0.39 is 31.2 Å². The van der Waals surface area contributed by atoms with E-state index in [2.05, 4.69) is 0 Å². The summed E-state index contributed by atoms with van der Waals surface area (Å²) in [5, 5.41) is 0. The minimum Gasteiger partial charge on any atom is -0.759 e. The molecule has 0 bridgehead atoms. The molecule has 0 N–H and O–H groups in total. The first-order valence-corrected chi connectivity index (χ1v) is 6.00. The van der Waals surface area contributed by atoms with Crippen molar-refractivity contribution in [1.29, 1.82) is 0 Å². The zero-order chi connectivity index (χ0) is 13.5. The Hall–Kier alpha value is 2.31. The van der Waals surface area contributed by atoms with Crippen LogP contribution in [0.3, 0.4) is 0 Å². The molecule has 17 heteroatoms. The molecule has 17 heavy (non-hydrogen) atoms. The molecule has 0 saturated carbocycles. The van der Waals surface area contributed by atoms with E-state index in [1.54, 1.807) is 0 Å². The Labute approximate surface area is 162 Å². The molecule has 0 unspecified atom stereocenters. The Morgan fingerprint density at radius 2 is 0.412 bits per heavy atom. The Kier molecular flexibility index (Phi) is 24.7. The predicted molar refractivity (Wildman–Crippen MR) is 31.4 cm³/mol. The van der Waals surface area contributed by atoms with Gasteiger partial charge in [-0.05, 0) is 0 Å². The van der Waals surface area contributed by atoms with Gasteiger partial charge in [-0.15, -0.1) is 0 Å². The average molecular weight is 577 g/mol. The van der Waals surface area contributed by atoms with Crippen molar-refractivity contribution in [3.8, 4) is 0 Å². The zero-order valence-electron chi connectivity index (χ0n) is 7.12. The molecule has 0 aliphatic heterocycles. The minimum absolute atomic E-state index is 0. The van der Waals surface area contributed by atoms with E-state index in [0.29, 0.717) is 0 Å². The van der Waals surface area contributed by atoms with Crippen molar-refractivity contribution in [3.63, 3.8) is 0 Å². The molecule has 0 heterocycles. The fourth-order valence-electron chi connectivity index (χ4n) is 0. The van der Waals surface area contributed by atoms with Gasteiger partial charge in [0, 0.05) is 31.2 Å². The van der Waals surface area contributed by atoms with Crippen molar-refractivity contribution in [1.82, 2.24) is 0 Å². The molecular formula is Nd2O12S3. The smallest absolute Gasteiger partial charge is 0.759 e. The average Bonchev–Trinajstić information content (AvgIpc) is 1.41. The number of rotatable bonds is 0. The van der Waals surface area contributed by atoms with Gasteiger partial charge in [-0.25, -0.2) is 0 Å². The van der Waals surface area contributed by atoms with Gasteiger partial charge in [-0.2, -0.15) is 0 Å². The molecule has 0 spiro atoms. The maximum Gasteiger partial charge on any atom is 3.00 e. The van der Waals surface area contributed by atoms with Crippen LogP contribution in [0, 0.1) is 81.7 Å². The second kappa shape index (κ2) is 13.3. The van der Waals surface area contributed by atoms with E-state index in [1.807, 2.05) is 0 Å². The summed E-state index contributed by atoms with van der Waals surface area (Å²) in [4.78, 5) is 0. The predicted octanol–water partition coefficient (Wildman–Crippen LogP) is -4.01. The third kappa shape index (κ3) is 912. The summed E-state index contributed by atoms with van der Waals surface area (Å²) in [6, 6.07) is 0. The molecule has 0 amide bonds. The van der Waals surface area contributed by atoms with Gasteiger partial charge >= 0.3 is 81.7 Å². The summed E-state index contributed by atoms with van der Waals surface area (Å²) in [7, 11) is -15.5. The van der Waals surface area contributed by atoms with E-state index in [9.17, 15) is 0 Å². The van der Waals surface area contributed by atoms with E-state index in [4.69, 9.17) is 52.6 Å². The van der Waals surface area contributed by atoms with Gasteiger partial charge < -0.3 is 27.3 Å². The third-order valence-electron chi connectivity index (χ3n) is 0. The van der Waals surface area contributed by atoms with Crippen molar-refractivity contribution in [3.05, 3.63) is 0 Å². The summed E-state index contributed by atoms with van der Waals surface area (Å²) in [6.07, 6.45) is 0. The summed E-state index contributed by atoms with van der Waals surface area (Å²) in [5.41, 5.74) is 0. The van der Waals surface area contributed by atoms with Crippen LogP contribution in [0.15, 0.2) is 0 Å². The van der Waals surface area contributed by atoms with Gasteiger partial charge in [0.05, 0.1) is 0 Å². The maximum absolute atomic E-state index is 8.52. The van der Waals surface area contributed by atoms with E-state index in [1.165, 1.54) is 0 Å². The first kappa shape index (κ1) is 31.6.